The van der Waals surface area contributed by atoms with E-state index in [0.29, 0.717) is 23.6 Å². The summed E-state index contributed by atoms with van der Waals surface area (Å²) in [5.74, 6) is 0.142. The van der Waals surface area contributed by atoms with Crippen LogP contribution in [-0.2, 0) is 4.74 Å². The summed E-state index contributed by atoms with van der Waals surface area (Å²) in [6.07, 6.45) is 0.873. The summed E-state index contributed by atoms with van der Waals surface area (Å²) in [5, 5.41) is 15.1. The van der Waals surface area contributed by atoms with E-state index in [4.69, 9.17) is 15.2 Å². The zero-order valence-electron chi connectivity index (χ0n) is 13.7. The van der Waals surface area contributed by atoms with Crippen LogP contribution in [0.4, 0.5) is 5.82 Å². The second kappa shape index (κ2) is 6.99. The molecule has 3 aromatic rings. The van der Waals surface area contributed by atoms with Crippen molar-refractivity contribution in [1.82, 2.24) is 25.3 Å². The van der Waals surface area contributed by atoms with E-state index < -0.39 is 5.97 Å². The van der Waals surface area contributed by atoms with Gasteiger partial charge in [-0.2, -0.15) is 4.68 Å². The van der Waals surface area contributed by atoms with Crippen molar-refractivity contribution in [3.63, 3.8) is 0 Å². The third-order valence-electron chi connectivity index (χ3n) is 3.33. The van der Waals surface area contributed by atoms with Gasteiger partial charge >= 0.3 is 5.97 Å². The highest BCUT2D eigenvalue weighted by Gasteiger charge is 2.25. The molecule has 0 atom stereocenters. The Kier molecular flexibility index (Phi) is 4.59. The maximum absolute atomic E-state index is 12.1. The summed E-state index contributed by atoms with van der Waals surface area (Å²) in [6, 6.07) is 7.16. The highest BCUT2D eigenvalue weighted by atomic mass is 16.6. The van der Waals surface area contributed by atoms with Gasteiger partial charge in [0.2, 0.25) is 11.6 Å². The van der Waals surface area contributed by atoms with Crippen molar-refractivity contribution >= 4 is 11.8 Å². The Hall–Kier alpha value is -3.43. The lowest BCUT2D eigenvalue weighted by molar-refractivity contribution is 0.0595. The number of nitrogen functional groups attached to an aromatic ring is 1. The average Bonchev–Trinajstić information content (AvgIpc) is 3.25. The van der Waals surface area contributed by atoms with Crippen molar-refractivity contribution < 1.29 is 18.9 Å². The number of hydrogen-bond donors (Lipinski definition) is 1. The van der Waals surface area contributed by atoms with E-state index in [0.717, 1.165) is 6.42 Å². The van der Waals surface area contributed by atoms with Gasteiger partial charge in [0.1, 0.15) is 11.4 Å². The molecule has 3 rings (SSSR count). The van der Waals surface area contributed by atoms with E-state index >= 15 is 0 Å². The Morgan fingerprint density at radius 2 is 2.20 bits per heavy atom. The molecular formula is C15H16N6O4. The zero-order valence-corrected chi connectivity index (χ0v) is 13.7. The summed E-state index contributed by atoms with van der Waals surface area (Å²) in [7, 11) is 1.26. The first-order valence-electron chi connectivity index (χ1n) is 7.51. The van der Waals surface area contributed by atoms with E-state index in [9.17, 15) is 4.79 Å². The minimum Gasteiger partial charge on any atom is -0.494 e. The Balaban J connectivity index is 2.14. The Morgan fingerprint density at radius 1 is 1.36 bits per heavy atom. The van der Waals surface area contributed by atoms with Gasteiger partial charge in [-0.1, -0.05) is 24.3 Å². The molecule has 0 aliphatic heterocycles. The molecule has 0 spiro atoms. The summed E-state index contributed by atoms with van der Waals surface area (Å²) in [4.78, 5) is 12.1. The molecule has 10 nitrogen and oxygen atoms in total. The number of ether oxygens (including phenoxy) is 2. The highest BCUT2D eigenvalue weighted by Crippen LogP contribution is 2.29. The highest BCUT2D eigenvalue weighted by molar-refractivity contribution is 5.94. The van der Waals surface area contributed by atoms with E-state index in [1.165, 1.54) is 11.8 Å². The van der Waals surface area contributed by atoms with E-state index in [-0.39, 0.29) is 17.3 Å². The molecule has 0 amide bonds. The Bertz CT molecular complexity index is 888. The van der Waals surface area contributed by atoms with E-state index in [2.05, 4.69) is 25.3 Å². The smallest absolute Gasteiger partial charge is 0.360 e. The molecule has 130 valence electrons. The van der Waals surface area contributed by atoms with Crippen LogP contribution in [0.15, 0.2) is 28.9 Å². The quantitative estimate of drug-likeness (QED) is 0.660. The van der Waals surface area contributed by atoms with Crippen molar-refractivity contribution in [3.8, 4) is 22.8 Å². The maximum Gasteiger partial charge on any atom is 0.360 e. The summed E-state index contributed by atoms with van der Waals surface area (Å²) in [6.45, 7) is 2.59. The number of anilines is 1. The van der Waals surface area contributed by atoms with Crippen LogP contribution < -0.4 is 10.5 Å². The number of nitrogens with two attached hydrogens (primary N) is 1. The first kappa shape index (κ1) is 16.4. The molecular weight excluding hydrogens is 328 g/mol. The number of benzene rings is 1. The Labute approximate surface area is 142 Å². The Morgan fingerprint density at radius 3 is 2.88 bits per heavy atom. The zero-order chi connectivity index (χ0) is 17.8. The van der Waals surface area contributed by atoms with Gasteiger partial charge in [0.05, 0.1) is 13.7 Å². The monoisotopic (exact) mass is 344 g/mol. The van der Waals surface area contributed by atoms with Crippen molar-refractivity contribution in [2.75, 3.05) is 19.5 Å². The second-order valence-corrected chi connectivity index (χ2v) is 5.04. The van der Waals surface area contributed by atoms with Crippen LogP contribution in [0.2, 0.25) is 0 Å². The predicted octanol–water partition coefficient (Wildman–Crippen LogP) is 1.47. The molecule has 0 aliphatic rings. The van der Waals surface area contributed by atoms with Crippen LogP contribution in [0.5, 0.6) is 5.75 Å². The first-order valence-corrected chi connectivity index (χ1v) is 7.51. The molecule has 0 bridgehead atoms. The average molecular weight is 344 g/mol. The number of methoxy groups -OCH3 is 1. The lowest BCUT2D eigenvalue weighted by Gasteiger charge is -2.08. The van der Waals surface area contributed by atoms with Crippen molar-refractivity contribution in [1.29, 1.82) is 0 Å². The number of aromatic nitrogens is 5. The molecule has 2 N–H and O–H groups in total. The third kappa shape index (κ3) is 3.13. The van der Waals surface area contributed by atoms with Crippen LogP contribution in [0, 0.1) is 0 Å². The number of carbonyl (C=O) groups is 1. The summed E-state index contributed by atoms with van der Waals surface area (Å²) >= 11 is 0. The fourth-order valence-corrected chi connectivity index (χ4v) is 2.21. The van der Waals surface area contributed by atoms with Gasteiger partial charge in [-0.05, 0) is 28.9 Å². The number of rotatable bonds is 6. The molecule has 0 radical (unpaired) electrons. The largest absolute Gasteiger partial charge is 0.494 e. The van der Waals surface area contributed by atoms with Crippen LogP contribution >= 0.6 is 0 Å². The lowest BCUT2D eigenvalue weighted by atomic mass is 10.1. The van der Waals surface area contributed by atoms with E-state index in [1.54, 1.807) is 18.2 Å². The molecule has 0 fully saturated rings. The SMILES string of the molecule is CCCOc1cccc(-c2c(C(=O)OC)nnn2-c2nonc2N)c1. The fraction of sp³-hybridized carbons (Fsp3) is 0.267. The molecule has 10 heteroatoms. The standard InChI is InChI=1S/C15H16N6O4/c1-3-7-24-10-6-4-5-9(8-10)12-11(15(22)23-2)17-20-21(12)14-13(16)18-25-19-14/h4-6,8H,3,7H2,1-2H3,(H2,16,18). The van der Waals surface area contributed by atoms with Gasteiger partial charge in [0.15, 0.2) is 5.69 Å². The van der Waals surface area contributed by atoms with Gasteiger partial charge in [-0.3, -0.25) is 0 Å². The van der Waals surface area contributed by atoms with Gasteiger partial charge in [0.25, 0.3) is 0 Å². The molecule has 0 aliphatic carbocycles. The van der Waals surface area contributed by atoms with Gasteiger partial charge in [0, 0.05) is 5.56 Å². The van der Waals surface area contributed by atoms with Crippen molar-refractivity contribution in [2.24, 2.45) is 0 Å². The second-order valence-electron chi connectivity index (χ2n) is 5.04. The summed E-state index contributed by atoms with van der Waals surface area (Å²) < 4.78 is 16.3. The molecule has 2 aromatic heterocycles. The minimum atomic E-state index is -0.642. The number of carbonyl (C=O) groups excluding carboxylic acids is 1. The molecule has 0 saturated heterocycles. The van der Waals surface area contributed by atoms with Gasteiger partial charge in [-0.15, -0.1) is 5.10 Å². The maximum atomic E-state index is 12.1. The normalized spacial score (nSPS) is 10.6. The number of hydrogen-bond acceptors (Lipinski definition) is 9. The molecule has 0 saturated carbocycles. The predicted molar refractivity (Wildman–Crippen MR) is 86.2 cm³/mol. The summed E-state index contributed by atoms with van der Waals surface area (Å²) in [5.41, 5.74) is 6.72. The van der Waals surface area contributed by atoms with Crippen LogP contribution in [0.1, 0.15) is 23.8 Å². The van der Waals surface area contributed by atoms with Crippen molar-refractivity contribution in [2.45, 2.75) is 13.3 Å². The number of esters is 1. The van der Waals surface area contributed by atoms with Gasteiger partial charge < -0.3 is 15.2 Å². The fourth-order valence-electron chi connectivity index (χ4n) is 2.21. The van der Waals surface area contributed by atoms with E-state index in [1.807, 2.05) is 13.0 Å². The lowest BCUT2D eigenvalue weighted by Crippen LogP contribution is -2.07. The number of nitrogens with zero attached hydrogens (tertiary/aromatic N) is 5. The first-order chi connectivity index (χ1) is 12.2. The van der Waals surface area contributed by atoms with Crippen molar-refractivity contribution in [3.05, 3.63) is 30.0 Å². The third-order valence-corrected chi connectivity index (χ3v) is 3.33. The van der Waals surface area contributed by atoms with Crippen LogP contribution in [0.3, 0.4) is 0 Å². The molecule has 1 aromatic carbocycles. The molecule has 0 unspecified atom stereocenters. The minimum absolute atomic E-state index is 0.0116. The molecule has 25 heavy (non-hydrogen) atoms. The van der Waals surface area contributed by atoms with Gasteiger partial charge in [-0.25, -0.2) is 9.42 Å². The van der Waals surface area contributed by atoms with Crippen LogP contribution in [0.25, 0.3) is 17.1 Å². The topological polar surface area (TPSA) is 131 Å². The molecule has 2 heterocycles. The van der Waals surface area contributed by atoms with Crippen LogP contribution in [-0.4, -0.2) is 45.0 Å².